The SMILES string of the molecule is O=Nc1ccccc1S(=O)(=O)N(C[C@@H]1CNC[C@H]1Cc1ccccc1Br)C1CC1. The molecule has 154 valence electrons. The molecule has 2 aromatic carbocycles. The summed E-state index contributed by atoms with van der Waals surface area (Å²) in [6.07, 6.45) is 2.63. The minimum absolute atomic E-state index is 0.00945. The highest BCUT2D eigenvalue weighted by Crippen LogP contribution is 2.37. The van der Waals surface area contributed by atoms with Crippen molar-refractivity contribution in [3.8, 4) is 0 Å². The number of sulfonamides is 1. The molecule has 4 rings (SSSR count). The predicted molar refractivity (Wildman–Crippen MR) is 117 cm³/mol. The molecule has 1 aliphatic carbocycles. The highest BCUT2D eigenvalue weighted by molar-refractivity contribution is 9.10. The predicted octanol–water partition coefficient (Wildman–Crippen LogP) is 4.08. The zero-order valence-electron chi connectivity index (χ0n) is 16.0. The van der Waals surface area contributed by atoms with Gasteiger partial charge in [-0.1, -0.05) is 46.3 Å². The van der Waals surface area contributed by atoms with Crippen molar-refractivity contribution < 1.29 is 8.42 Å². The summed E-state index contributed by atoms with van der Waals surface area (Å²) in [5.74, 6) is 0.568. The molecule has 2 aromatic rings. The molecule has 0 amide bonds. The number of benzene rings is 2. The van der Waals surface area contributed by atoms with E-state index < -0.39 is 10.0 Å². The van der Waals surface area contributed by atoms with Gasteiger partial charge in [0.1, 0.15) is 10.6 Å². The third-order valence-electron chi connectivity index (χ3n) is 5.84. The van der Waals surface area contributed by atoms with Crippen LogP contribution in [0.1, 0.15) is 18.4 Å². The van der Waals surface area contributed by atoms with Crippen LogP contribution in [0.4, 0.5) is 5.69 Å². The van der Waals surface area contributed by atoms with Gasteiger partial charge in [-0.05, 0) is 73.1 Å². The van der Waals surface area contributed by atoms with Crippen LogP contribution in [0.2, 0.25) is 0 Å². The summed E-state index contributed by atoms with van der Waals surface area (Å²) in [5.41, 5.74) is 1.22. The first kappa shape index (κ1) is 20.7. The van der Waals surface area contributed by atoms with E-state index in [0.717, 1.165) is 36.8 Å². The van der Waals surface area contributed by atoms with E-state index in [1.165, 1.54) is 17.7 Å². The lowest BCUT2D eigenvalue weighted by molar-refractivity contribution is 0.300. The monoisotopic (exact) mass is 477 g/mol. The molecule has 1 saturated carbocycles. The Morgan fingerprint density at radius 1 is 1.03 bits per heavy atom. The molecule has 2 aliphatic rings. The topological polar surface area (TPSA) is 78.8 Å². The summed E-state index contributed by atoms with van der Waals surface area (Å²) in [6, 6.07) is 14.4. The van der Waals surface area contributed by atoms with E-state index >= 15 is 0 Å². The molecule has 6 nitrogen and oxygen atoms in total. The van der Waals surface area contributed by atoms with Crippen molar-refractivity contribution in [2.45, 2.75) is 30.2 Å². The molecule has 29 heavy (non-hydrogen) atoms. The van der Waals surface area contributed by atoms with Gasteiger partial charge in [0, 0.05) is 17.1 Å². The maximum absolute atomic E-state index is 13.4. The van der Waals surface area contributed by atoms with Crippen molar-refractivity contribution in [1.82, 2.24) is 9.62 Å². The maximum atomic E-state index is 13.4. The van der Waals surface area contributed by atoms with Crippen LogP contribution in [0.3, 0.4) is 0 Å². The van der Waals surface area contributed by atoms with Crippen LogP contribution >= 0.6 is 15.9 Å². The van der Waals surface area contributed by atoms with E-state index in [1.807, 2.05) is 18.2 Å². The third kappa shape index (κ3) is 4.45. The standard InChI is InChI=1S/C21H24BrN3O3S/c22-19-6-2-1-5-15(19)11-16-12-23-13-17(16)14-25(18-9-10-18)29(27,28)21-8-4-3-7-20(21)24-26/h1-8,16-18,23H,9-14H2/t16-,17+/m1/s1. The van der Waals surface area contributed by atoms with Crippen LogP contribution in [-0.4, -0.2) is 38.4 Å². The first-order valence-electron chi connectivity index (χ1n) is 9.89. The molecule has 1 saturated heterocycles. The van der Waals surface area contributed by atoms with E-state index in [1.54, 1.807) is 16.4 Å². The van der Waals surface area contributed by atoms with Crippen molar-refractivity contribution >= 4 is 31.6 Å². The number of halogens is 1. The van der Waals surface area contributed by atoms with Gasteiger partial charge in [-0.2, -0.15) is 4.31 Å². The van der Waals surface area contributed by atoms with Crippen LogP contribution in [0.25, 0.3) is 0 Å². The van der Waals surface area contributed by atoms with Gasteiger partial charge in [-0.15, -0.1) is 4.91 Å². The zero-order chi connectivity index (χ0) is 20.4. The van der Waals surface area contributed by atoms with Gasteiger partial charge >= 0.3 is 0 Å². The summed E-state index contributed by atoms with van der Waals surface area (Å²) in [6.45, 7) is 2.13. The molecule has 0 radical (unpaired) electrons. The molecule has 1 aliphatic heterocycles. The Bertz CT molecular complexity index is 994. The second kappa shape index (κ2) is 8.63. The normalized spacial score (nSPS) is 22.1. The van der Waals surface area contributed by atoms with Crippen molar-refractivity contribution in [3.05, 3.63) is 63.5 Å². The lowest BCUT2D eigenvalue weighted by Crippen LogP contribution is -2.39. The van der Waals surface area contributed by atoms with Crippen molar-refractivity contribution in [3.63, 3.8) is 0 Å². The largest absolute Gasteiger partial charge is 0.316 e. The number of hydrogen-bond acceptors (Lipinski definition) is 5. The van der Waals surface area contributed by atoms with Gasteiger partial charge in [-0.3, -0.25) is 0 Å². The lowest BCUT2D eigenvalue weighted by atomic mass is 9.89. The average Bonchev–Trinajstić information content (AvgIpc) is 3.47. The summed E-state index contributed by atoms with van der Waals surface area (Å²) in [4.78, 5) is 11.2. The van der Waals surface area contributed by atoms with Gasteiger partial charge in [0.05, 0.1) is 0 Å². The molecule has 8 heteroatoms. The minimum Gasteiger partial charge on any atom is -0.316 e. The first-order chi connectivity index (χ1) is 14.0. The Hall–Kier alpha value is -1.61. The Labute approximate surface area is 179 Å². The molecule has 1 N–H and O–H groups in total. The van der Waals surface area contributed by atoms with Crippen LogP contribution < -0.4 is 5.32 Å². The van der Waals surface area contributed by atoms with Crippen LogP contribution in [0.5, 0.6) is 0 Å². The quantitative estimate of drug-likeness (QED) is 0.580. The number of rotatable bonds is 8. The van der Waals surface area contributed by atoms with Crippen LogP contribution in [0, 0.1) is 16.7 Å². The van der Waals surface area contributed by atoms with Gasteiger partial charge in [0.2, 0.25) is 10.0 Å². The Balaban J connectivity index is 1.57. The molecule has 2 atom stereocenters. The van der Waals surface area contributed by atoms with Gasteiger partial charge in [0.25, 0.3) is 0 Å². The molecule has 0 unspecified atom stereocenters. The Morgan fingerprint density at radius 3 is 2.45 bits per heavy atom. The Kier molecular flexibility index (Phi) is 6.15. The van der Waals surface area contributed by atoms with E-state index in [4.69, 9.17) is 0 Å². The number of nitrogens with one attached hydrogen (secondary N) is 1. The van der Waals surface area contributed by atoms with E-state index in [2.05, 4.69) is 32.5 Å². The van der Waals surface area contributed by atoms with Gasteiger partial charge in [0.15, 0.2) is 0 Å². The molecular weight excluding hydrogens is 454 g/mol. The minimum atomic E-state index is -3.77. The maximum Gasteiger partial charge on any atom is 0.245 e. The summed E-state index contributed by atoms with van der Waals surface area (Å²) < 4.78 is 29.5. The fourth-order valence-electron chi connectivity index (χ4n) is 4.10. The van der Waals surface area contributed by atoms with Crippen molar-refractivity contribution in [1.29, 1.82) is 0 Å². The molecule has 2 fully saturated rings. The number of hydrogen-bond donors (Lipinski definition) is 1. The highest BCUT2D eigenvalue weighted by Gasteiger charge is 2.42. The number of nitrogens with zero attached hydrogens (tertiary/aromatic N) is 2. The highest BCUT2D eigenvalue weighted by atomic mass is 79.9. The lowest BCUT2D eigenvalue weighted by Gasteiger charge is -2.28. The summed E-state index contributed by atoms with van der Waals surface area (Å²) in [7, 11) is -3.77. The van der Waals surface area contributed by atoms with Crippen LogP contribution in [-0.2, 0) is 16.4 Å². The molecule has 1 heterocycles. The van der Waals surface area contributed by atoms with Crippen LogP contribution in [0.15, 0.2) is 63.1 Å². The van der Waals surface area contributed by atoms with Gasteiger partial charge < -0.3 is 5.32 Å². The van der Waals surface area contributed by atoms with Gasteiger partial charge in [-0.25, -0.2) is 8.42 Å². The Morgan fingerprint density at radius 2 is 1.72 bits per heavy atom. The molecule has 0 spiro atoms. The van der Waals surface area contributed by atoms with E-state index in [0.29, 0.717) is 12.5 Å². The molecule has 0 bridgehead atoms. The summed E-state index contributed by atoms with van der Waals surface area (Å²) in [5, 5.41) is 6.37. The van der Waals surface area contributed by atoms with Crippen molar-refractivity contribution in [2.24, 2.45) is 17.0 Å². The molecular formula is C21H24BrN3O3S. The third-order valence-corrected chi connectivity index (χ3v) is 8.58. The smallest absolute Gasteiger partial charge is 0.245 e. The van der Waals surface area contributed by atoms with E-state index in [9.17, 15) is 13.3 Å². The molecule has 0 aromatic heterocycles. The summed E-state index contributed by atoms with van der Waals surface area (Å²) >= 11 is 3.62. The second-order valence-corrected chi connectivity index (χ2v) is 10.6. The van der Waals surface area contributed by atoms with E-state index in [-0.39, 0.29) is 22.5 Å². The fourth-order valence-corrected chi connectivity index (χ4v) is 6.41. The zero-order valence-corrected chi connectivity index (χ0v) is 18.4. The van der Waals surface area contributed by atoms with Crippen molar-refractivity contribution in [2.75, 3.05) is 19.6 Å². The first-order valence-corrected chi connectivity index (χ1v) is 12.1. The average molecular weight is 478 g/mol. The fraction of sp³-hybridized carbons (Fsp3) is 0.429. The number of nitroso groups, excluding NO2 is 1. The second-order valence-electron chi connectivity index (χ2n) is 7.84.